The van der Waals surface area contributed by atoms with E-state index in [-0.39, 0.29) is 11.7 Å². The molecule has 1 fully saturated rings. The fourth-order valence-corrected chi connectivity index (χ4v) is 4.05. The van der Waals surface area contributed by atoms with Crippen LogP contribution in [0.25, 0.3) is 0 Å². The smallest absolute Gasteiger partial charge is 0.279 e. The minimum absolute atomic E-state index is 0.0418. The third-order valence-electron chi connectivity index (χ3n) is 5.58. The Kier molecular flexibility index (Phi) is 7.47. The van der Waals surface area contributed by atoms with E-state index in [0.29, 0.717) is 36.3 Å². The van der Waals surface area contributed by atoms with Gasteiger partial charge in [0.2, 0.25) is 0 Å². The molecule has 1 aliphatic carbocycles. The molecule has 29 heavy (non-hydrogen) atoms. The molecule has 1 aliphatic rings. The van der Waals surface area contributed by atoms with Crippen LogP contribution >= 0.6 is 0 Å². The lowest BCUT2D eigenvalue weighted by molar-refractivity contribution is -0.932. The Morgan fingerprint density at radius 3 is 2.38 bits per heavy atom. The van der Waals surface area contributed by atoms with Crippen molar-refractivity contribution in [3.63, 3.8) is 0 Å². The van der Waals surface area contributed by atoms with Gasteiger partial charge in [0.1, 0.15) is 12.4 Å². The van der Waals surface area contributed by atoms with Crippen LogP contribution in [0, 0.1) is 5.82 Å². The first-order chi connectivity index (χ1) is 14.1. The van der Waals surface area contributed by atoms with Crippen molar-refractivity contribution in [3.05, 3.63) is 53.8 Å². The van der Waals surface area contributed by atoms with Crippen LogP contribution in [0.1, 0.15) is 37.7 Å². The summed E-state index contributed by atoms with van der Waals surface area (Å²) in [6, 6.07) is 12.4. The van der Waals surface area contributed by atoms with Crippen molar-refractivity contribution in [3.8, 4) is 11.5 Å². The predicted molar refractivity (Wildman–Crippen MR) is 111 cm³/mol. The van der Waals surface area contributed by atoms with E-state index in [1.54, 1.807) is 32.4 Å². The van der Waals surface area contributed by atoms with Gasteiger partial charge in [-0.15, -0.1) is 0 Å². The van der Waals surface area contributed by atoms with E-state index in [1.165, 1.54) is 36.3 Å². The minimum Gasteiger partial charge on any atom is -0.493 e. The summed E-state index contributed by atoms with van der Waals surface area (Å²) >= 11 is 0. The van der Waals surface area contributed by atoms with Crippen LogP contribution in [0.3, 0.4) is 0 Å². The Bertz CT molecular complexity index is 804. The van der Waals surface area contributed by atoms with Crippen molar-refractivity contribution in [2.75, 3.05) is 26.1 Å². The number of hydrogen-bond acceptors (Lipinski definition) is 3. The van der Waals surface area contributed by atoms with E-state index >= 15 is 0 Å². The van der Waals surface area contributed by atoms with Crippen LogP contribution in [0.2, 0.25) is 0 Å². The number of halogens is 1. The fraction of sp³-hybridized carbons (Fsp3) is 0.435. The molecule has 0 aromatic heterocycles. The van der Waals surface area contributed by atoms with Gasteiger partial charge in [-0.2, -0.15) is 0 Å². The van der Waals surface area contributed by atoms with Crippen LogP contribution in [-0.4, -0.2) is 32.7 Å². The van der Waals surface area contributed by atoms with Gasteiger partial charge in [0.05, 0.1) is 20.3 Å². The normalized spacial score (nSPS) is 15.6. The first-order valence-electron chi connectivity index (χ1n) is 10.2. The summed E-state index contributed by atoms with van der Waals surface area (Å²) in [7, 11) is 3.15. The first kappa shape index (κ1) is 21.1. The van der Waals surface area contributed by atoms with Crippen LogP contribution in [0.15, 0.2) is 42.5 Å². The van der Waals surface area contributed by atoms with Crippen molar-refractivity contribution in [2.45, 2.75) is 44.7 Å². The zero-order chi connectivity index (χ0) is 20.6. The molecule has 2 aromatic carbocycles. The third-order valence-corrected chi connectivity index (χ3v) is 5.58. The van der Waals surface area contributed by atoms with Crippen molar-refractivity contribution in [1.29, 1.82) is 0 Å². The van der Waals surface area contributed by atoms with Gasteiger partial charge < -0.3 is 19.7 Å². The summed E-state index contributed by atoms with van der Waals surface area (Å²) < 4.78 is 23.8. The average Bonchev–Trinajstić information content (AvgIpc) is 2.75. The molecule has 3 rings (SSSR count). The molecular formula is C23H30FN2O3+. The number of carbonyl (C=O) groups excluding carboxylic acids is 1. The van der Waals surface area contributed by atoms with Crippen molar-refractivity contribution < 1.29 is 23.6 Å². The molecule has 6 heteroatoms. The largest absolute Gasteiger partial charge is 0.493 e. The number of amides is 1. The number of rotatable bonds is 8. The van der Waals surface area contributed by atoms with Gasteiger partial charge in [0.25, 0.3) is 5.91 Å². The molecule has 2 aromatic rings. The van der Waals surface area contributed by atoms with Gasteiger partial charge in [-0.05, 0) is 49.9 Å². The lowest BCUT2D eigenvalue weighted by atomic mass is 9.93. The SMILES string of the molecule is COc1ccc(NC(=O)C[NH+](Cc2ccc(F)cc2)C2CCCCC2)cc1OC. The van der Waals surface area contributed by atoms with Gasteiger partial charge in [-0.3, -0.25) is 4.79 Å². The quantitative estimate of drug-likeness (QED) is 0.714. The zero-order valence-corrected chi connectivity index (χ0v) is 17.2. The summed E-state index contributed by atoms with van der Waals surface area (Å²) in [5.41, 5.74) is 1.73. The number of ether oxygens (including phenoxy) is 2. The Balaban J connectivity index is 1.69. The number of carbonyl (C=O) groups is 1. The number of quaternary nitrogens is 1. The molecule has 0 bridgehead atoms. The number of anilines is 1. The summed E-state index contributed by atoms with van der Waals surface area (Å²) in [6.07, 6.45) is 5.92. The highest BCUT2D eigenvalue weighted by molar-refractivity contribution is 5.91. The van der Waals surface area contributed by atoms with Gasteiger partial charge in [0, 0.05) is 17.3 Å². The van der Waals surface area contributed by atoms with Crippen molar-refractivity contribution in [2.24, 2.45) is 0 Å². The van der Waals surface area contributed by atoms with Crippen molar-refractivity contribution >= 4 is 11.6 Å². The first-order valence-corrected chi connectivity index (χ1v) is 10.2. The summed E-state index contributed by atoms with van der Waals surface area (Å²) in [5.74, 6) is 0.920. The maximum absolute atomic E-state index is 13.3. The van der Waals surface area contributed by atoms with Crippen LogP contribution in [-0.2, 0) is 11.3 Å². The molecule has 1 unspecified atom stereocenters. The standard InChI is InChI=1S/C23H29FN2O3/c1-28-21-13-12-19(14-22(21)29-2)25-23(27)16-26(20-6-4-3-5-7-20)15-17-8-10-18(24)11-9-17/h8-14,20H,3-7,15-16H2,1-2H3,(H,25,27)/p+1. The summed E-state index contributed by atoms with van der Waals surface area (Å²) in [6.45, 7) is 1.08. The van der Waals surface area contributed by atoms with E-state index in [1.807, 2.05) is 12.1 Å². The third kappa shape index (κ3) is 5.94. The molecule has 1 atom stereocenters. The molecule has 1 saturated carbocycles. The number of nitrogens with one attached hydrogen (secondary N) is 2. The summed E-state index contributed by atoms with van der Waals surface area (Å²) in [4.78, 5) is 14.0. The average molecular weight is 402 g/mol. The second-order valence-corrected chi connectivity index (χ2v) is 7.59. The Morgan fingerprint density at radius 1 is 1.03 bits per heavy atom. The van der Waals surface area contributed by atoms with Gasteiger partial charge in [-0.1, -0.05) is 18.6 Å². The van der Waals surface area contributed by atoms with Gasteiger partial charge in [0.15, 0.2) is 18.0 Å². The molecular weight excluding hydrogens is 371 g/mol. The Hall–Kier alpha value is -2.60. The molecule has 0 heterocycles. The van der Waals surface area contributed by atoms with E-state index < -0.39 is 0 Å². The highest BCUT2D eigenvalue weighted by atomic mass is 19.1. The van der Waals surface area contributed by atoms with Gasteiger partial charge >= 0.3 is 0 Å². The minimum atomic E-state index is -0.237. The van der Waals surface area contributed by atoms with Crippen LogP contribution in [0.5, 0.6) is 11.5 Å². The maximum atomic E-state index is 13.3. The highest BCUT2D eigenvalue weighted by Gasteiger charge is 2.27. The van der Waals surface area contributed by atoms with E-state index in [9.17, 15) is 9.18 Å². The molecule has 0 aliphatic heterocycles. The topological polar surface area (TPSA) is 52.0 Å². The molecule has 156 valence electrons. The second-order valence-electron chi connectivity index (χ2n) is 7.59. The van der Waals surface area contributed by atoms with Gasteiger partial charge in [-0.25, -0.2) is 4.39 Å². The number of benzene rings is 2. The second kappa shape index (κ2) is 10.3. The maximum Gasteiger partial charge on any atom is 0.279 e. The monoisotopic (exact) mass is 401 g/mol. The van der Waals surface area contributed by atoms with E-state index in [0.717, 1.165) is 18.4 Å². The van der Waals surface area contributed by atoms with E-state index in [4.69, 9.17) is 9.47 Å². The van der Waals surface area contributed by atoms with Crippen molar-refractivity contribution in [1.82, 2.24) is 0 Å². The molecule has 1 amide bonds. The number of methoxy groups -OCH3 is 2. The Labute approximate surface area is 171 Å². The molecule has 0 radical (unpaired) electrons. The molecule has 5 nitrogen and oxygen atoms in total. The number of hydrogen-bond donors (Lipinski definition) is 2. The lowest BCUT2D eigenvalue weighted by Gasteiger charge is -2.31. The molecule has 2 N–H and O–H groups in total. The predicted octanol–water partition coefficient (Wildman–Crippen LogP) is 3.20. The Morgan fingerprint density at radius 2 is 1.72 bits per heavy atom. The van der Waals surface area contributed by atoms with E-state index in [2.05, 4.69) is 5.32 Å². The molecule has 0 saturated heterocycles. The van der Waals surface area contributed by atoms with Crippen LogP contribution in [0.4, 0.5) is 10.1 Å². The lowest BCUT2D eigenvalue weighted by Crippen LogP contribution is -3.15. The summed E-state index contributed by atoms with van der Waals surface area (Å²) in [5, 5.41) is 2.98. The molecule has 0 spiro atoms. The fourth-order valence-electron chi connectivity index (χ4n) is 4.05. The highest BCUT2D eigenvalue weighted by Crippen LogP contribution is 2.29. The van der Waals surface area contributed by atoms with Crippen LogP contribution < -0.4 is 19.7 Å². The zero-order valence-electron chi connectivity index (χ0n) is 17.2.